The fourth-order valence-electron chi connectivity index (χ4n) is 2.33. The highest BCUT2D eigenvalue weighted by Crippen LogP contribution is 2.35. The zero-order valence-electron chi connectivity index (χ0n) is 14.3. The number of methoxy groups -OCH3 is 1. The number of ether oxygens (including phenoxy) is 1. The number of benzene rings is 1. The summed E-state index contributed by atoms with van der Waals surface area (Å²) in [6, 6.07) is 7.04. The SMILES string of the molecule is COc1ccc(C)cc1Nc1ncnc(Nc2cc(C)on2)c1[N+](=O)[O-]. The lowest BCUT2D eigenvalue weighted by atomic mass is 10.2. The van der Waals surface area contributed by atoms with Crippen LogP contribution in [0.25, 0.3) is 0 Å². The molecule has 3 aromatic rings. The maximum atomic E-state index is 11.6. The van der Waals surface area contributed by atoms with Crippen LogP contribution in [-0.4, -0.2) is 27.2 Å². The molecule has 1 aromatic carbocycles. The maximum Gasteiger partial charge on any atom is 0.353 e. The molecule has 2 heterocycles. The van der Waals surface area contributed by atoms with Crippen molar-refractivity contribution >= 4 is 28.8 Å². The average Bonchev–Trinajstić information content (AvgIpc) is 3.00. The van der Waals surface area contributed by atoms with E-state index in [1.165, 1.54) is 13.4 Å². The molecule has 0 bridgehead atoms. The molecule has 26 heavy (non-hydrogen) atoms. The molecule has 10 heteroatoms. The van der Waals surface area contributed by atoms with Crippen LogP contribution in [0.15, 0.2) is 35.1 Å². The molecule has 0 radical (unpaired) electrons. The summed E-state index contributed by atoms with van der Waals surface area (Å²) in [4.78, 5) is 19.0. The molecule has 0 unspecified atom stereocenters. The lowest BCUT2D eigenvalue weighted by molar-refractivity contribution is -0.383. The lowest BCUT2D eigenvalue weighted by Crippen LogP contribution is -2.06. The summed E-state index contributed by atoms with van der Waals surface area (Å²) >= 11 is 0. The van der Waals surface area contributed by atoms with Crippen LogP contribution in [0.3, 0.4) is 0 Å². The van der Waals surface area contributed by atoms with E-state index < -0.39 is 4.92 Å². The smallest absolute Gasteiger partial charge is 0.353 e. The van der Waals surface area contributed by atoms with Crippen molar-refractivity contribution in [3.05, 3.63) is 52.0 Å². The summed E-state index contributed by atoms with van der Waals surface area (Å²) in [6.07, 6.45) is 1.22. The zero-order valence-corrected chi connectivity index (χ0v) is 14.3. The number of aryl methyl sites for hydroxylation is 2. The van der Waals surface area contributed by atoms with E-state index in [0.717, 1.165) is 5.56 Å². The summed E-state index contributed by atoms with van der Waals surface area (Å²) in [5.74, 6) is 1.42. The Bertz CT molecular complexity index is 956. The molecule has 0 spiro atoms. The van der Waals surface area contributed by atoms with E-state index in [4.69, 9.17) is 9.26 Å². The summed E-state index contributed by atoms with van der Waals surface area (Å²) in [6.45, 7) is 3.61. The number of hydrogen-bond acceptors (Lipinski definition) is 9. The largest absolute Gasteiger partial charge is 0.495 e. The zero-order chi connectivity index (χ0) is 18.7. The fourth-order valence-corrected chi connectivity index (χ4v) is 2.33. The standard InChI is InChI=1S/C16H16N6O4/c1-9-4-5-12(25-3)11(6-9)19-15-14(22(23)24)16(18-8-17-15)20-13-7-10(2)26-21-13/h4-8H,1-3H3,(H2,17,18,19,20,21). The topological polar surface area (TPSA) is 128 Å². The van der Waals surface area contributed by atoms with Gasteiger partial charge in [0, 0.05) is 6.07 Å². The van der Waals surface area contributed by atoms with Gasteiger partial charge in [-0.25, -0.2) is 9.97 Å². The van der Waals surface area contributed by atoms with Crippen molar-refractivity contribution in [3.8, 4) is 5.75 Å². The second kappa shape index (κ2) is 7.05. The maximum absolute atomic E-state index is 11.6. The van der Waals surface area contributed by atoms with Crippen molar-refractivity contribution in [2.75, 3.05) is 17.7 Å². The Morgan fingerprint density at radius 3 is 2.50 bits per heavy atom. The highest BCUT2D eigenvalue weighted by atomic mass is 16.6. The van der Waals surface area contributed by atoms with Gasteiger partial charge in [-0.05, 0) is 31.5 Å². The molecule has 0 fully saturated rings. The minimum absolute atomic E-state index is 0.00702. The van der Waals surface area contributed by atoms with Gasteiger partial charge in [-0.15, -0.1) is 0 Å². The van der Waals surface area contributed by atoms with E-state index in [-0.39, 0.29) is 17.3 Å². The quantitative estimate of drug-likeness (QED) is 0.503. The molecular weight excluding hydrogens is 340 g/mol. The minimum Gasteiger partial charge on any atom is -0.495 e. The van der Waals surface area contributed by atoms with Crippen LogP contribution in [-0.2, 0) is 0 Å². The molecular formula is C16H16N6O4. The van der Waals surface area contributed by atoms with Crippen molar-refractivity contribution in [2.24, 2.45) is 0 Å². The van der Waals surface area contributed by atoms with E-state index in [9.17, 15) is 10.1 Å². The third-order valence-corrected chi connectivity index (χ3v) is 3.49. The molecule has 3 rings (SSSR count). The molecule has 0 aliphatic heterocycles. The summed E-state index contributed by atoms with van der Waals surface area (Å²) < 4.78 is 10.2. The third-order valence-electron chi connectivity index (χ3n) is 3.49. The molecule has 2 N–H and O–H groups in total. The van der Waals surface area contributed by atoms with Crippen LogP contribution in [0.1, 0.15) is 11.3 Å². The van der Waals surface area contributed by atoms with Gasteiger partial charge in [0.2, 0.25) is 11.6 Å². The van der Waals surface area contributed by atoms with Gasteiger partial charge in [-0.3, -0.25) is 10.1 Å². The molecule has 0 atom stereocenters. The van der Waals surface area contributed by atoms with Gasteiger partial charge >= 0.3 is 5.69 Å². The van der Waals surface area contributed by atoms with Gasteiger partial charge in [0.1, 0.15) is 17.8 Å². The Kier molecular flexibility index (Phi) is 4.65. The van der Waals surface area contributed by atoms with E-state index in [1.54, 1.807) is 25.1 Å². The van der Waals surface area contributed by atoms with Gasteiger partial charge < -0.3 is 19.9 Å². The summed E-state index contributed by atoms with van der Waals surface area (Å²) in [5, 5.41) is 21.1. The first kappa shape index (κ1) is 17.1. The minimum atomic E-state index is -0.570. The molecule has 10 nitrogen and oxygen atoms in total. The van der Waals surface area contributed by atoms with E-state index in [0.29, 0.717) is 23.0 Å². The van der Waals surface area contributed by atoms with Crippen LogP contribution in [0.4, 0.5) is 28.8 Å². The predicted molar refractivity (Wildman–Crippen MR) is 94.2 cm³/mol. The van der Waals surface area contributed by atoms with Crippen molar-refractivity contribution in [1.82, 2.24) is 15.1 Å². The molecule has 2 aromatic heterocycles. The van der Waals surface area contributed by atoms with Gasteiger partial charge in [0.25, 0.3) is 0 Å². The Balaban J connectivity index is 2.01. The van der Waals surface area contributed by atoms with E-state index in [1.807, 2.05) is 13.0 Å². The van der Waals surface area contributed by atoms with E-state index >= 15 is 0 Å². The number of nitrogens with zero attached hydrogens (tertiary/aromatic N) is 4. The monoisotopic (exact) mass is 356 g/mol. The second-order valence-corrected chi connectivity index (χ2v) is 5.45. The Hall–Kier alpha value is -3.69. The number of rotatable bonds is 6. The van der Waals surface area contributed by atoms with Crippen LogP contribution in [0, 0.1) is 24.0 Å². The van der Waals surface area contributed by atoms with Crippen LogP contribution in [0.5, 0.6) is 5.75 Å². The van der Waals surface area contributed by atoms with Crippen LogP contribution in [0.2, 0.25) is 0 Å². The van der Waals surface area contributed by atoms with Crippen molar-refractivity contribution in [3.63, 3.8) is 0 Å². The Morgan fingerprint density at radius 1 is 1.15 bits per heavy atom. The number of nitro groups is 1. The first-order chi connectivity index (χ1) is 12.5. The highest BCUT2D eigenvalue weighted by molar-refractivity contribution is 5.77. The molecule has 0 amide bonds. The van der Waals surface area contributed by atoms with Gasteiger partial charge in [-0.2, -0.15) is 0 Å². The van der Waals surface area contributed by atoms with E-state index in [2.05, 4.69) is 25.8 Å². The number of nitrogens with one attached hydrogen (secondary N) is 2. The van der Waals surface area contributed by atoms with Crippen molar-refractivity contribution in [2.45, 2.75) is 13.8 Å². The molecule has 0 aliphatic rings. The number of aromatic nitrogens is 3. The first-order valence-electron chi connectivity index (χ1n) is 7.59. The van der Waals surface area contributed by atoms with Crippen molar-refractivity contribution in [1.29, 1.82) is 0 Å². The van der Waals surface area contributed by atoms with Crippen LogP contribution < -0.4 is 15.4 Å². The number of hydrogen-bond donors (Lipinski definition) is 2. The second-order valence-electron chi connectivity index (χ2n) is 5.45. The fraction of sp³-hybridized carbons (Fsp3) is 0.188. The Morgan fingerprint density at radius 2 is 1.88 bits per heavy atom. The first-order valence-corrected chi connectivity index (χ1v) is 7.59. The Labute approximate surface area is 148 Å². The molecule has 0 saturated carbocycles. The van der Waals surface area contributed by atoms with Crippen LogP contribution >= 0.6 is 0 Å². The summed E-state index contributed by atoms with van der Waals surface area (Å²) in [7, 11) is 1.52. The average molecular weight is 356 g/mol. The van der Waals surface area contributed by atoms with Gasteiger partial charge in [-0.1, -0.05) is 11.2 Å². The highest BCUT2D eigenvalue weighted by Gasteiger charge is 2.24. The summed E-state index contributed by atoms with van der Waals surface area (Å²) in [5.41, 5.74) is 1.19. The molecule has 0 saturated heterocycles. The predicted octanol–water partition coefficient (Wildman–Crippen LogP) is 3.49. The third kappa shape index (κ3) is 3.53. The lowest BCUT2D eigenvalue weighted by Gasteiger charge is -2.12. The van der Waals surface area contributed by atoms with Gasteiger partial charge in [0.15, 0.2) is 5.82 Å². The van der Waals surface area contributed by atoms with Gasteiger partial charge in [0.05, 0.1) is 17.7 Å². The van der Waals surface area contributed by atoms with Crippen molar-refractivity contribution < 1.29 is 14.2 Å². The molecule has 134 valence electrons. The molecule has 0 aliphatic carbocycles. The number of anilines is 4. The normalized spacial score (nSPS) is 10.4.